The van der Waals surface area contributed by atoms with Crippen molar-refractivity contribution in [3.8, 4) is 11.5 Å². The molecule has 0 saturated carbocycles. The molecule has 0 aliphatic carbocycles. The number of rotatable bonds is 9. The Morgan fingerprint density at radius 3 is 2.68 bits per heavy atom. The third kappa shape index (κ3) is 7.75. The van der Waals surface area contributed by atoms with Crippen LogP contribution in [0.3, 0.4) is 0 Å². The van der Waals surface area contributed by atoms with E-state index in [-0.39, 0.29) is 24.0 Å². The lowest BCUT2D eigenvalue weighted by Gasteiger charge is -2.33. The van der Waals surface area contributed by atoms with E-state index in [0.717, 1.165) is 62.8 Å². The largest absolute Gasteiger partial charge is 0.493 e. The first-order valence-corrected chi connectivity index (χ1v) is 11.7. The summed E-state index contributed by atoms with van der Waals surface area (Å²) in [7, 11) is 3.51. The third-order valence-corrected chi connectivity index (χ3v) is 6.27. The van der Waals surface area contributed by atoms with Crippen LogP contribution in [0.5, 0.6) is 11.5 Å². The molecule has 31 heavy (non-hydrogen) atoms. The van der Waals surface area contributed by atoms with E-state index in [0.29, 0.717) is 12.6 Å². The second-order valence-electron chi connectivity index (χ2n) is 7.38. The maximum Gasteiger partial charge on any atom is 0.191 e. The third-order valence-electron chi connectivity index (χ3n) is 5.34. The Labute approximate surface area is 207 Å². The average molecular weight is 559 g/mol. The van der Waals surface area contributed by atoms with Crippen molar-refractivity contribution in [2.45, 2.75) is 38.6 Å². The summed E-state index contributed by atoms with van der Waals surface area (Å²) in [5.41, 5.74) is 1.25. The van der Waals surface area contributed by atoms with Gasteiger partial charge in [0.15, 0.2) is 17.5 Å². The molecular formula is C23H35IN4O2S. The molecule has 0 spiro atoms. The zero-order valence-corrected chi connectivity index (χ0v) is 21.9. The number of thiophene rings is 1. The summed E-state index contributed by atoms with van der Waals surface area (Å²) in [6.07, 6.45) is 4.26. The fraction of sp³-hybridized carbons (Fsp3) is 0.522. The molecule has 3 rings (SSSR count). The molecule has 1 fully saturated rings. The van der Waals surface area contributed by atoms with Crippen LogP contribution in [0.2, 0.25) is 0 Å². The van der Waals surface area contributed by atoms with Crippen LogP contribution < -0.4 is 25.0 Å². The van der Waals surface area contributed by atoms with E-state index in [9.17, 15) is 0 Å². The summed E-state index contributed by atoms with van der Waals surface area (Å²) in [5, 5.41) is 10.6. The van der Waals surface area contributed by atoms with Gasteiger partial charge in [-0.2, -0.15) is 0 Å². The number of halogens is 1. The van der Waals surface area contributed by atoms with Gasteiger partial charge in [-0.1, -0.05) is 6.07 Å². The van der Waals surface area contributed by atoms with Gasteiger partial charge < -0.3 is 25.0 Å². The average Bonchev–Trinajstić information content (AvgIpc) is 3.32. The van der Waals surface area contributed by atoms with Crippen LogP contribution in [0, 0.1) is 0 Å². The molecular weight excluding hydrogens is 523 g/mol. The molecule has 2 heterocycles. The molecule has 0 amide bonds. The highest BCUT2D eigenvalue weighted by Crippen LogP contribution is 2.28. The molecule has 1 aliphatic rings. The second kappa shape index (κ2) is 13.7. The summed E-state index contributed by atoms with van der Waals surface area (Å²) in [6.45, 7) is 5.68. The van der Waals surface area contributed by atoms with Crippen LogP contribution in [-0.4, -0.2) is 52.4 Å². The van der Waals surface area contributed by atoms with Gasteiger partial charge in [-0.15, -0.1) is 35.3 Å². The maximum atomic E-state index is 5.67. The fourth-order valence-electron chi connectivity index (χ4n) is 3.73. The summed E-state index contributed by atoms with van der Waals surface area (Å²) in [4.78, 5) is 6.88. The highest BCUT2D eigenvalue weighted by atomic mass is 127. The molecule has 1 aromatic heterocycles. The van der Waals surface area contributed by atoms with E-state index in [1.54, 1.807) is 7.11 Å². The molecule has 1 aliphatic heterocycles. The second-order valence-corrected chi connectivity index (χ2v) is 8.30. The van der Waals surface area contributed by atoms with Crippen molar-refractivity contribution in [1.29, 1.82) is 0 Å². The predicted octanol–water partition coefficient (Wildman–Crippen LogP) is 4.54. The molecule has 172 valence electrons. The minimum absolute atomic E-state index is 0. The number of piperidine rings is 1. The Hall–Kier alpha value is -1.68. The number of guanidine groups is 1. The summed E-state index contributed by atoms with van der Waals surface area (Å²) >= 11 is 1.82. The number of hydrogen-bond donors (Lipinski definition) is 2. The van der Waals surface area contributed by atoms with Gasteiger partial charge in [-0.25, -0.2) is 0 Å². The summed E-state index contributed by atoms with van der Waals surface area (Å²) in [6, 6.07) is 11.0. The minimum atomic E-state index is 0. The van der Waals surface area contributed by atoms with Gasteiger partial charge in [0, 0.05) is 32.7 Å². The number of hydrogen-bond acceptors (Lipinski definition) is 5. The van der Waals surface area contributed by atoms with Gasteiger partial charge in [0.05, 0.1) is 18.7 Å². The van der Waals surface area contributed by atoms with Gasteiger partial charge in [-0.3, -0.25) is 4.99 Å². The highest BCUT2D eigenvalue weighted by molar-refractivity contribution is 14.0. The number of methoxy groups -OCH3 is 1. The van der Waals surface area contributed by atoms with E-state index in [1.807, 2.05) is 31.4 Å². The Kier molecular flexibility index (Phi) is 11.3. The first-order chi connectivity index (χ1) is 14.7. The molecule has 8 heteroatoms. The van der Waals surface area contributed by atoms with Gasteiger partial charge in [0.25, 0.3) is 0 Å². The topological polar surface area (TPSA) is 58.1 Å². The number of benzene rings is 1. The molecule has 0 bridgehead atoms. The fourth-order valence-corrected chi connectivity index (χ4v) is 4.51. The molecule has 0 unspecified atom stereocenters. The molecule has 2 N–H and O–H groups in total. The van der Waals surface area contributed by atoms with E-state index in [1.165, 1.54) is 10.6 Å². The summed E-state index contributed by atoms with van der Waals surface area (Å²) < 4.78 is 11.0. The SMILES string of the molecule is CCOc1cc(CCCNC(=NC)NC2CCN(c3cccs3)CC2)ccc1OC.I. The van der Waals surface area contributed by atoms with Crippen LogP contribution in [-0.2, 0) is 6.42 Å². The van der Waals surface area contributed by atoms with E-state index < -0.39 is 0 Å². The lowest BCUT2D eigenvalue weighted by atomic mass is 10.1. The van der Waals surface area contributed by atoms with Gasteiger partial charge in [0.1, 0.15) is 0 Å². The van der Waals surface area contributed by atoms with Crippen LogP contribution in [0.15, 0.2) is 40.7 Å². The first-order valence-electron chi connectivity index (χ1n) is 10.8. The van der Waals surface area contributed by atoms with Gasteiger partial charge in [-0.05, 0) is 67.8 Å². The predicted molar refractivity (Wildman–Crippen MR) is 142 cm³/mol. The van der Waals surface area contributed by atoms with Crippen molar-refractivity contribution in [2.75, 3.05) is 45.3 Å². The Morgan fingerprint density at radius 2 is 2.03 bits per heavy atom. The normalized spacial score (nSPS) is 14.7. The lowest BCUT2D eigenvalue weighted by molar-refractivity contribution is 0.310. The quantitative estimate of drug-likeness (QED) is 0.205. The monoisotopic (exact) mass is 558 g/mol. The molecule has 6 nitrogen and oxygen atoms in total. The number of aryl methyl sites for hydroxylation is 1. The van der Waals surface area contributed by atoms with E-state index in [2.05, 4.69) is 50.2 Å². The maximum absolute atomic E-state index is 5.67. The highest BCUT2D eigenvalue weighted by Gasteiger charge is 2.20. The minimum Gasteiger partial charge on any atom is -0.493 e. The lowest BCUT2D eigenvalue weighted by Crippen LogP contribution is -2.48. The molecule has 1 aromatic carbocycles. The number of aliphatic imine (C=N–C) groups is 1. The smallest absolute Gasteiger partial charge is 0.191 e. The van der Waals surface area contributed by atoms with E-state index in [4.69, 9.17) is 9.47 Å². The molecule has 1 saturated heterocycles. The van der Waals surface area contributed by atoms with Crippen molar-refractivity contribution in [1.82, 2.24) is 10.6 Å². The first kappa shape index (κ1) is 25.6. The van der Waals surface area contributed by atoms with Crippen molar-refractivity contribution in [3.63, 3.8) is 0 Å². The van der Waals surface area contributed by atoms with Crippen molar-refractivity contribution >= 4 is 46.3 Å². The van der Waals surface area contributed by atoms with Crippen LogP contribution >= 0.6 is 35.3 Å². The zero-order valence-electron chi connectivity index (χ0n) is 18.7. The molecule has 2 aromatic rings. The van der Waals surface area contributed by atoms with Crippen molar-refractivity contribution < 1.29 is 9.47 Å². The number of ether oxygens (including phenoxy) is 2. The van der Waals surface area contributed by atoms with Gasteiger partial charge >= 0.3 is 0 Å². The van der Waals surface area contributed by atoms with E-state index >= 15 is 0 Å². The molecule has 0 radical (unpaired) electrons. The van der Waals surface area contributed by atoms with Crippen molar-refractivity contribution in [2.24, 2.45) is 4.99 Å². The number of anilines is 1. The Bertz CT molecular complexity index is 793. The Morgan fingerprint density at radius 1 is 1.23 bits per heavy atom. The molecule has 0 atom stereocenters. The van der Waals surface area contributed by atoms with Crippen LogP contribution in [0.1, 0.15) is 31.7 Å². The summed E-state index contributed by atoms with van der Waals surface area (Å²) in [5.74, 6) is 2.50. The number of nitrogens with one attached hydrogen (secondary N) is 2. The Balaban J connectivity index is 0.00000341. The van der Waals surface area contributed by atoms with Crippen LogP contribution in [0.25, 0.3) is 0 Å². The van der Waals surface area contributed by atoms with Crippen LogP contribution in [0.4, 0.5) is 5.00 Å². The van der Waals surface area contributed by atoms with Crippen molar-refractivity contribution in [3.05, 3.63) is 41.3 Å². The van der Waals surface area contributed by atoms with Gasteiger partial charge in [0.2, 0.25) is 0 Å². The number of nitrogens with zero attached hydrogens (tertiary/aromatic N) is 2. The zero-order chi connectivity index (χ0) is 21.2. The standard InChI is InChI=1S/C23H34N4O2S.HI/c1-4-29-21-17-18(9-10-20(21)28-3)7-5-13-25-23(24-2)26-19-11-14-27(15-12-19)22-8-6-16-30-22;/h6,8-10,16-17,19H,4-5,7,11-15H2,1-3H3,(H2,24,25,26);1H.